The van der Waals surface area contributed by atoms with E-state index in [-0.39, 0.29) is 74.1 Å². The molecule has 4 rings (SSSR count). The average molecular weight is 446 g/mol. The molecule has 3 aromatic rings. The standard InChI is InChI=1S/C22H18N2O5S.Na.H/c1-12-7-8-15(18(11-12)30(27,28)29)24-17-10-9-16(23-2)19-20(17)22(26)14-6-4-3-5-13(14)21(19)25;;/h3-11,23-24H,1-2H3,(H,27,28,29);;. The van der Waals surface area contributed by atoms with Gasteiger partial charge in [0, 0.05) is 23.9 Å². The van der Waals surface area contributed by atoms with E-state index in [1.165, 1.54) is 12.1 Å². The quantitative estimate of drug-likeness (QED) is 0.326. The van der Waals surface area contributed by atoms with Gasteiger partial charge in [-0.25, -0.2) is 0 Å². The van der Waals surface area contributed by atoms with Gasteiger partial charge in [0.2, 0.25) is 0 Å². The first-order valence-electron chi connectivity index (χ1n) is 9.10. The van der Waals surface area contributed by atoms with Crippen LogP contribution in [-0.2, 0) is 10.1 Å². The fourth-order valence-corrected chi connectivity index (χ4v) is 4.36. The molecule has 9 heteroatoms. The van der Waals surface area contributed by atoms with Crippen LogP contribution in [0.25, 0.3) is 0 Å². The summed E-state index contributed by atoms with van der Waals surface area (Å²) in [4.78, 5) is 26.1. The predicted molar refractivity (Wildman–Crippen MR) is 121 cm³/mol. The van der Waals surface area contributed by atoms with Crippen LogP contribution in [0.1, 0.15) is 37.4 Å². The van der Waals surface area contributed by atoms with Crippen molar-refractivity contribution in [1.82, 2.24) is 0 Å². The molecule has 0 amide bonds. The third-order valence-corrected chi connectivity index (χ3v) is 5.92. The van der Waals surface area contributed by atoms with Crippen LogP contribution in [0.15, 0.2) is 59.5 Å². The van der Waals surface area contributed by atoms with E-state index in [4.69, 9.17) is 0 Å². The van der Waals surface area contributed by atoms with E-state index in [9.17, 15) is 22.6 Å². The van der Waals surface area contributed by atoms with E-state index in [0.717, 1.165) is 0 Å². The van der Waals surface area contributed by atoms with Crippen LogP contribution < -0.4 is 10.6 Å². The van der Waals surface area contributed by atoms with Crippen molar-refractivity contribution in [1.29, 1.82) is 0 Å². The zero-order valence-corrected chi connectivity index (χ0v) is 17.0. The Labute approximate surface area is 201 Å². The first-order chi connectivity index (χ1) is 14.2. The van der Waals surface area contributed by atoms with Gasteiger partial charge in [-0.1, -0.05) is 30.3 Å². The molecule has 3 N–H and O–H groups in total. The van der Waals surface area contributed by atoms with Gasteiger partial charge in [0.15, 0.2) is 11.6 Å². The van der Waals surface area contributed by atoms with Gasteiger partial charge in [-0.15, -0.1) is 0 Å². The Morgan fingerprint density at radius 2 is 1.32 bits per heavy atom. The van der Waals surface area contributed by atoms with E-state index in [1.54, 1.807) is 56.4 Å². The molecule has 0 radical (unpaired) electrons. The number of rotatable bonds is 4. The Balaban J connectivity index is 0.00000272. The summed E-state index contributed by atoms with van der Waals surface area (Å²) in [7, 11) is -2.86. The summed E-state index contributed by atoms with van der Waals surface area (Å²) in [5.41, 5.74) is 2.46. The third-order valence-electron chi connectivity index (χ3n) is 5.03. The van der Waals surface area contributed by atoms with Crippen molar-refractivity contribution in [2.45, 2.75) is 11.8 Å². The van der Waals surface area contributed by atoms with Crippen LogP contribution in [0.4, 0.5) is 17.1 Å². The van der Waals surface area contributed by atoms with Crippen molar-refractivity contribution in [2.24, 2.45) is 0 Å². The van der Waals surface area contributed by atoms with Crippen LogP contribution in [-0.4, -0.2) is 61.1 Å². The summed E-state index contributed by atoms with van der Waals surface area (Å²) < 4.78 is 33.3. The molecule has 0 spiro atoms. The molecule has 0 unspecified atom stereocenters. The summed E-state index contributed by atoms with van der Waals surface area (Å²) in [5.74, 6) is -0.646. The second-order valence-electron chi connectivity index (χ2n) is 6.96. The second-order valence-corrected chi connectivity index (χ2v) is 8.35. The Morgan fingerprint density at radius 1 is 0.806 bits per heavy atom. The van der Waals surface area contributed by atoms with Crippen LogP contribution in [0.3, 0.4) is 0 Å². The number of benzene rings is 3. The number of carbonyl (C=O) groups is 2. The molecular formula is C22H19N2NaO5S. The van der Waals surface area contributed by atoms with Crippen molar-refractivity contribution < 1.29 is 22.6 Å². The van der Waals surface area contributed by atoms with Crippen molar-refractivity contribution in [3.8, 4) is 0 Å². The van der Waals surface area contributed by atoms with Gasteiger partial charge < -0.3 is 10.6 Å². The first-order valence-corrected chi connectivity index (χ1v) is 10.5. The maximum absolute atomic E-state index is 13.3. The number of carbonyl (C=O) groups excluding carboxylic acids is 2. The van der Waals surface area contributed by atoms with E-state index < -0.39 is 10.1 Å². The van der Waals surface area contributed by atoms with Crippen molar-refractivity contribution >= 4 is 68.3 Å². The minimum absolute atomic E-state index is 0. The first kappa shape index (κ1) is 23.2. The van der Waals surface area contributed by atoms with Crippen LogP contribution in [0, 0.1) is 6.92 Å². The maximum atomic E-state index is 13.3. The average Bonchev–Trinajstić information content (AvgIpc) is 2.72. The summed E-state index contributed by atoms with van der Waals surface area (Å²) in [6, 6.07) is 14.3. The normalized spacial score (nSPS) is 12.5. The third kappa shape index (κ3) is 4.05. The summed E-state index contributed by atoms with van der Waals surface area (Å²) in [6.07, 6.45) is 0. The van der Waals surface area contributed by atoms with Crippen LogP contribution in [0.5, 0.6) is 0 Å². The van der Waals surface area contributed by atoms with Gasteiger partial charge in [-0.05, 0) is 36.8 Å². The van der Waals surface area contributed by atoms with Gasteiger partial charge in [0.05, 0.1) is 22.5 Å². The van der Waals surface area contributed by atoms with Crippen molar-refractivity contribution in [3.63, 3.8) is 0 Å². The molecule has 3 aromatic carbocycles. The van der Waals surface area contributed by atoms with Gasteiger partial charge >= 0.3 is 29.6 Å². The zero-order valence-electron chi connectivity index (χ0n) is 16.2. The zero-order chi connectivity index (χ0) is 21.6. The number of fused-ring (bicyclic) bond motifs is 2. The summed E-state index contributed by atoms with van der Waals surface area (Å²) in [6.45, 7) is 1.70. The number of hydrogen-bond donors (Lipinski definition) is 3. The van der Waals surface area contributed by atoms with Gasteiger partial charge in [-0.3, -0.25) is 14.1 Å². The van der Waals surface area contributed by atoms with Crippen LogP contribution in [0.2, 0.25) is 0 Å². The fraction of sp³-hybridized carbons (Fsp3) is 0.0909. The molecule has 0 aliphatic heterocycles. The molecule has 0 bridgehead atoms. The summed E-state index contributed by atoms with van der Waals surface area (Å²) in [5, 5.41) is 5.86. The Kier molecular flexibility index (Phi) is 6.40. The predicted octanol–water partition coefficient (Wildman–Crippen LogP) is 3.15. The molecule has 0 saturated heterocycles. The number of nitrogens with one attached hydrogen (secondary N) is 2. The SMILES string of the molecule is CNc1ccc(Nc2ccc(C)cc2S(=O)(=O)O)c2c1C(=O)c1ccccc1C2=O.[NaH]. The van der Waals surface area contributed by atoms with Gasteiger partial charge in [-0.2, -0.15) is 8.42 Å². The number of aryl methyl sites for hydroxylation is 1. The molecule has 154 valence electrons. The molecule has 0 heterocycles. The van der Waals surface area contributed by atoms with Gasteiger partial charge in [0.25, 0.3) is 10.1 Å². The molecule has 7 nitrogen and oxygen atoms in total. The minimum atomic E-state index is -4.51. The van der Waals surface area contributed by atoms with E-state index in [2.05, 4.69) is 10.6 Å². The monoisotopic (exact) mass is 446 g/mol. The van der Waals surface area contributed by atoms with E-state index in [1.807, 2.05) is 0 Å². The molecular weight excluding hydrogens is 427 g/mol. The summed E-state index contributed by atoms with van der Waals surface area (Å²) >= 11 is 0. The Hall–Kier alpha value is -2.49. The second kappa shape index (κ2) is 8.57. The number of anilines is 3. The molecule has 0 aromatic heterocycles. The molecule has 1 aliphatic rings. The van der Waals surface area contributed by atoms with Crippen molar-refractivity contribution in [2.75, 3.05) is 17.7 Å². The molecule has 0 fully saturated rings. The molecule has 1 aliphatic carbocycles. The van der Waals surface area contributed by atoms with Crippen molar-refractivity contribution in [3.05, 3.63) is 82.4 Å². The topological polar surface area (TPSA) is 113 Å². The van der Waals surface area contributed by atoms with E-state index in [0.29, 0.717) is 16.8 Å². The number of ketones is 2. The van der Waals surface area contributed by atoms with Crippen LogP contribution >= 0.6 is 0 Å². The molecule has 31 heavy (non-hydrogen) atoms. The Bertz CT molecular complexity index is 1340. The number of hydrogen-bond acceptors (Lipinski definition) is 6. The van der Waals surface area contributed by atoms with E-state index >= 15 is 0 Å². The fourth-order valence-electron chi connectivity index (χ4n) is 3.63. The van der Waals surface area contributed by atoms with Gasteiger partial charge in [0.1, 0.15) is 4.90 Å². The molecule has 0 saturated carbocycles. The molecule has 0 atom stereocenters. The Morgan fingerprint density at radius 3 is 1.87 bits per heavy atom.